The molecule has 4 heterocycles. The van der Waals surface area contributed by atoms with E-state index in [0.717, 1.165) is 53.6 Å². The number of anilines is 3. The predicted octanol–water partition coefficient (Wildman–Crippen LogP) is 3.09. The Balaban J connectivity index is 1.42. The van der Waals surface area contributed by atoms with E-state index >= 15 is 0 Å². The van der Waals surface area contributed by atoms with Gasteiger partial charge in [0, 0.05) is 37.6 Å². The summed E-state index contributed by atoms with van der Waals surface area (Å²) in [6, 6.07) is 7.55. The van der Waals surface area contributed by atoms with Gasteiger partial charge in [0.05, 0.1) is 18.5 Å². The number of pyridine rings is 2. The number of hydrogen-bond acceptors (Lipinski definition) is 8. The van der Waals surface area contributed by atoms with Gasteiger partial charge in [-0.05, 0) is 73.4 Å². The van der Waals surface area contributed by atoms with E-state index < -0.39 is 35.2 Å². The first kappa shape index (κ1) is 28.7. The van der Waals surface area contributed by atoms with Crippen LogP contribution in [-0.4, -0.2) is 73.8 Å². The molecular formula is C29H36N6O5S. The van der Waals surface area contributed by atoms with Crippen molar-refractivity contribution in [2.24, 2.45) is 0 Å². The maximum atomic E-state index is 13.8. The number of rotatable bonds is 10. The molecule has 3 N–H and O–H groups in total. The van der Waals surface area contributed by atoms with Gasteiger partial charge in [0.15, 0.2) is 0 Å². The molecule has 2 aliphatic rings. The van der Waals surface area contributed by atoms with Crippen molar-refractivity contribution in [2.45, 2.75) is 58.0 Å². The smallest absolute Gasteiger partial charge is 0.329 e. The molecule has 3 aromatic rings. The van der Waals surface area contributed by atoms with Gasteiger partial charge in [-0.1, -0.05) is 13.0 Å². The highest BCUT2D eigenvalue weighted by Gasteiger charge is 2.44. The molecule has 0 radical (unpaired) electrons. The normalized spacial score (nSPS) is 18.6. The molecule has 2 saturated heterocycles. The summed E-state index contributed by atoms with van der Waals surface area (Å²) < 4.78 is 29.4. The van der Waals surface area contributed by atoms with Crippen molar-refractivity contribution in [3.63, 3.8) is 0 Å². The van der Waals surface area contributed by atoms with Gasteiger partial charge in [0.1, 0.15) is 23.7 Å². The summed E-state index contributed by atoms with van der Waals surface area (Å²) >= 11 is -2.48. The molecule has 11 nitrogen and oxygen atoms in total. The maximum Gasteiger partial charge on any atom is 0.329 e. The quantitative estimate of drug-likeness (QED) is 0.273. The number of fused-ring (bicyclic) bond motifs is 1. The van der Waals surface area contributed by atoms with Crippen LogP contribution in [0.15, 0.2) is 42.7 Å². The van der Waals surface area contributed by atoms with E-state index in [1.807, 2.05) is 31.2 Å². The number of esters is 1. The second-order valence-corrected chi connectivity index (χ2v) is 11.2. The molecule has 5 rings (SSSR count). The number of likely N-dealkylation sites (tertiary alicyclic amines) is 1. The minimum absolute atomic E-state index is 0.170. The first-order valence-electron chi connectivity index (χ1n) is 14.1. The number of ether oxygens (including phenoxy) is 1. The summed E-state index contributed by atoms with van der Waals surface area (Å²) in [5.41, 5.74) is 8.37. The number of nitrogens with two attached hydrogens (primary N) is 1. The van der Waals surface area contributed by atoms with Gasteiger partial charge >= 0.3 is 5.97 Å². The number of aryl methyl sites for hydroxylation is 1. The fourth-order valence-electron chi connectivity index (χ4n) is 5.86. The lowest BCUT2D eigenvalue weighted by molar-refractivity contribution is -0.153. The number of carbonyl (C=O) groups is 2. The van der Waals surface area contributed by atoms with Gasteiger partial charge in [-0.3, -0.25) is 13.7 Å². The van der Waals surface area contributed by atoms with Crippen LogP contribution in [0, 0.1) is 0 Å². The fraction of sp³-hybridized carbons (Fsp3) is 0.448. The zero-order chi connectivity index (χ0) is 29.1. The van der Waals surface area contributed by atoms with Gasteiger partial charge in [0.2, 0.25) is 5.91 Å². The highest BCUT2D eigenvalue weighted by Crippen LogP contribution is 2.31. The van der Waals surface area contributed by atoms with Crippen LogP contribution in [0.1, 0.15) is 44.2 Å². The highest BCUT2D eigenvalue weighted by molar-refractivity contribution is 7.80. The third kappa shape index (κ3) is 5.84. The van der Waals surface area contributed by atoms with Crippen molar-refractivity contribution < 1.29 is 23.1 Å². The number of amides is 1. The Bertz CT molecular complexity index is 1450. The third-order valence-electron chi connectivity index (χ3n) is 7.92. The van der Waals surface area contributed by atoms with Crippen LogP contribution in [0.3, 0.4) is 0 Å². The lowest BCUT2D eigenvalue weighted by Crippen LogP contribution is -2.49. The Morgan fingerprint density at radius 2 is 1.95 bits per heavy atom. The van der Waals surface area contributed by atoms with E-state index in [9.17, 15) is 18.4 Å². The minimum atomic E-state index is -2.48. The second kappa shape index (κ2) is 12.4. The van der Waals surface area contributed by atoms with E-state index in [2.05, 4.69) is 14.9 Å². The van der Waals surface area contributed by atoms with Crippen molar-refractivity contribution in [2.75, 3.05) is 41.2 Å². The molecule has 2 aromatic heterocycles. The fourth-order valence-corrected chi connectivity index (χ4v) is 6.56. The lowest BCUT2D eigenvalue weighted by atomic mass is 9.94. The molecule has 12 heteroatoms. The summed E-state index contributed by atoms with van der Waals surface area (Å²) in [7, 11) is 0. The minimum Gasteiger partial charge on any atom is -0.464 e. The molecule has 0 aliphatic carbocycles. The van der Waals surface area contributed by atoms with Gasteiger partial charge in [-0.2, -0.15) is 0 Å². The van der Waals surface area contributed by atoms with Crippen molar-refractivity contribution in [1.82, 2.24) is 14.9 Å². The Kier molecular flexibility index (Phi) is 8.69. The molecule has 0 spiro atoms. The molecule has 0 saturated carbocycles. The summed E-state index contributed by atoms with van der Waals surface area (Å²) in [4.78, 5) is 39.4. The first-order chi connectivity index (χ1) is 19.8. The number of aromatic nitrogens is 2. The van der Waals surface area contributed by atoms with E-state index in [1.54, 1.807) is 19.2 Å². The summed E-state index contributed by atoms with van der Waals surface area (Å²) in [6.07, 6.45) is 6.60. The molecule has 218 valence electrons. The number of carbonyl (C=O) groups excluding carboxylic acids is 2. The Morgan fingerprint density at radius 1 is 1.17 bits per heavy atom. The topological polar surface area (TPSA) is 142 Å². The highest BCUT2D eigenvalue weighted by atomic mass is 32.2. The van der Waals surface area contributed by atoms with Crippen LogP contribution in [-0.2, 0) is 38.4 Å². The molecule has 2 fully saturated rings. The number of nitrogens with zero attached hydrogens (tertiary/aromatic N) is 5. The van der Waals surface area contributed by atoms with Gasteiger partial charge in [-0.15, -0.1) is 0 Å². The molecule has 1 unspecified atom stereocenters. The third-order valence-corrected chi connectivity index (χ3v) is 8.73. The Labute approximate surface area is 242 Å². The molecular weight excluding hydrogens is 544 g/mol. The van der Waals surface area contributed by atoms with Crippen molar-refractivity contribution in [3.05, 3.63) is 53.9 Å². The van der Waals surface area contributed by atoms with Crippen molar-refractivity contribution in [3.8, 4) is 0 Å². The van der Waals surface area contributed by atoms with Gasteiger partial charge < -0.3 is 20.3 Å². The number of hydrogen-bond donors (Lipinski definition) is 2. The van der Waals surface area contributed by atoms with Crippen LogP contribution in [0.5, 0.6) is 0 Å². The Hall–Kier alpha value is -3.77. The first-order valence-corrected chi connectivity index (χ1v) is 15.1. The lowest BCUT2D eigenvalue weighted by Gasteiger charge is -2.29. The summed E-state index contributed by atoms with van der Waals surface area (Å²) in [6.45, 7) is 6.01. The maximum absolute atomic E-state index is 13.8. The monoisotopic (exact) mass is 580 g/mol. The zero-order valence-electron chi connectivity index (χ0n) is 23.4. The molecule has 41 heavy (non-hydrogen) atoms. The average Bonchev–Trinajstić information content (AvgIpc) is 3.63. The average molecular weight is 581 g/mol. The molecule has 2 aliphatic heterocycles. The van der Waals surface area contributed by atoms with E-state index in [0.29, 0.717) is 17.9 Å². The van der Waals surface area contributed by atoms with Crippen LogP contribution >= 0.6 is 0 Å². The Morgan fingerprint density at radius 3 is 2.61 bits per heavy atom. The van der Waals surface area contributed by atoms with Gasteiger partial charge in [0.25, 0.3) is 11.3 Å². The predicted molar refractivity (Wildman–Crippen MR) is 159 cm³/mol. The second-order valence-electron chi connectivity index (χ2n) is 10.3. The van der Waals surface area contributed by atoms with E-state index in [1.165, 1.54) is 15.4 Å². The summed E-state index contributed by atoms with van der Waals surface area (Å²) in [5.74, 6) is 0.326. The van der Waals surface area contributed by atoms with Crippen LogP contribution in [0.4, 0.5) is 17.3 Å². The van der Waals surface area contributed by atoms with E-state index in [4.69, 9.17) is 10.5 Å². The van der Waals surface area contributed by atoms with E-state index in [-0.39, 0.29) is 26.0 Å². The van der Waals surface area contributed by atoms with Crippen molar-refractivity contribution in [1.29, 1.82) is 0 Å². The van der Waals surface area contributed by atoms with Crippen molar-refractivity contribution >= 4 is 51.2 Å². The number of benzene rings is 1. The van der Waals surface area contributed by atoms with Crippen LogP contribution in [0.25, 0.3) is 10.8 Å². The molecule has 1 amide bonds. The molecule has 3 atom stereocenters. The van der Waals surface area contributed by atoms with Gasteiger partial charge in [-0.25, -0.2) is 19.0 Å². The SMILES string of the molecule is CCOC(=O)[C@@H](Cc1cc2ccnc(N)c2cc1CC)N1CC[C@H](N(c2ccc(N3CCCC3)nc2)S(=O)O)C1=O. The van der Waals surface area contributed by atoms with Crippen LogP contribution in [0.2, 0.25) is 0 Å². The molecule has 0 bridgehead atoms. The standard InChI is InChI=1S/C29H36N6O5S/c1-3-19-16-23-20(9-11-31-27(23)30)15-21(19)17-25(29(37)40-4-2)34-14-10-24(28(34)36)35(41(38)39)22-7-8-26(32-18-22)33-12-5-6-13-33/h7-9,11,15-16,18,24-25H,3-6,10,12-14,17H2,1-2H3,(H2,30,31)(H,38,39)/t24-,25+/m0/s1. The summed E-state index contributed by atoms with van der Waals surface area (Å²) in [5, 5.41) is 1.73. The van der Waals surface area contributed by atoms with Crippen LogP contribution < -0.4 is 14.9 Å². The number of nitrogen functional groups attached to an aromatic ring is 1. The zero-order valence-corrected chi connectivity index (χ0v) is 24.2. The largest absolute Gasteiger partial charge is 0.464 e. The molecule has 1 aromatic carbocycles.